The quantitative estimate of drug-likeness (QED) is 0.598. The Morgan fingerprint density at radius 3 is 2.40 bits per heavy atom. The Bertz CT molecular complexity index is 633. The Kier molecular flexibility index (Phi) is 4.69. The minimum atomic E-state index is -4.84. The maximum Gasteiger partial charge on any atom is 0.408 e. The number of carbonyl (C=O) groups is 1. The van der Waals surface area contributed by atoms with Gasteiger partial charge >= 0.3 is 6.18 Å². The number of anilines is 1. The highest BCUT2D eigenvalue weighted by molar-refractivity contribution is 6.41. The van der Waals surface area contributed by atoms with Crippen LogP contribution >= 0.6 is 23.2 Å². The summed E-state index contributed by atoms with van der Waals surface area (Å²) in [6, 6.07) is 0.803. The van der Waals surface area contributed by atoms with E-state index < -0.39 is 34.0 Å². The number of halogens is 5. The first-order valence-electron chi connectivity index (χ1n) is 5.03. The molecule has 0 bridgehead atoms. The summed E-state index contributed by atoms with van der Waals surface area (Å²) >= 11 is 11.4. The third-order valence-corrected chi connectivity index (χ3v) is 2.90. The van der Waals surface area contributed by atoms with E-state index in [2.05, 4.69) is 16.7 Å². The zero-order valence-electron chi connectivity index (χ0n) is 10.0. The number of carbonyl (C=O) groups excluding carboxylic acids is 1. The topological polar surface area (TPSA) is 33.5 Å². The molecule has 0 atom stereocenters. The van der Waals surface area contributed by atoms with Crippen LogP contribution in [0.4, 0.5) is 24.5 Å². The summed E-state index contributed by atoms with van der Waals surface area (Å²) in [5.74, 6) is -0.725. The van der Waals surface area contributed by atoms with Gasteiger partial charge in [-0.1, -0.05) is 29.8 Å². The molecule has 0 spiro atoms. The summed E-state index contributed by atoms with van der Waals surface area (Å²) in [4.78, 5) is 14.2. The van der Waals surface area contributed by atoms with Gasteiger partial charge in [-0.2, -0.15) is 13.2 Å². The molecule has 0 aliphatic heterocycles. The molecule has 0 aromatic heterocycles. The molecule has 20 heavy (non-hydrogen) atoms. The van der Waals surface area contributed by atoms with Crippen molar-refractivity contribution >= 4 is 40.5 Å². The molecule has 0 saturated carbocycles. The Morgan fingerprint density at radius 1 is 1.45 bits per heavy atom. The minimum absolute atomic E-state index is 0.0694. The van der Waals surface area contributed by atoms with Crippen molar-refractivity contribution in [1.82, 2.24) is 0 Å². The highest BCUT2D eigenvalue weighted by atomic mass is 35.5. The minimum Gasteiger partial charge on any atom is -0.320 e. The van der Waals surface area contributed by atoms with Crippen molar-refractivity contribution in [1.29, 1.82) is 0 Å². The summed E-state index contributed by atoms with van der Waals surface area (Å²) < 4.78 is 38.7. The fourth-order valence-corrected chi connectivity index (χ4v) is 1.95. The predicted molar refractivity (Wildman–Crippen MR) is 71.2 cm³/mol. The molecule has 0 heterocycles. The second kappa shape index (κ2) is 5.73. The molecule has 1 aromatic rings. The van der Waals surface area contributed by atoms with Gasteiger partial charge in [0.1, 0.15) is 0 Å². The number of nitrogens with one attached hydrogen (secondary N) is 1. The van der Waals surface area contributed by atoms with E-state index in [9.17, 15) is 18.0 Å². The average Bonchev–Trinajstić information content (AvgIpc) is 2.31. The Balaban J connectivity index is 3.53. The van der Waals surface area contributed by atoms with E-state index in [1.807, 2.05) is 0 Å². The molecular formula is C12H7Cl2F3N2O. The molecule has 1 aromatic carbocycles. The molecular weight excluding hydrogens is 316 g/mol. The number of benzene rings is 1. The van der Waals surface area contributed by atoms with Gasteiger partial charge in [-0.15, -0.1) is 0 Å². The molecule has 1 N–H and O–H groups in total. The van der Waals surface area contributed by atoms with Crippen molar-refractivity contribution in [2.45, 2.75) is 13.1 Å². The van der Waals surface area contributed by atoms with Gasteiger partial charge in [0, 0.05) is 5.57 Å². The summed E-state index contributed by atoms with van der Waals surface area (Å²) in [7, 11) is 0. The first-order valence-corrected chi connectivity index (χ1v) is 5.78. The first kappa shape index (κ1) is 16.3. The molecule has 0 aliphatic carbocycles. The van der Waals surface area contributed by atoms with Crippen molar-refractivity contribution in [2.24, 2.45) is 0 Å². The van der Waals surface area contributed by atoms with Crippen LogP contribution < -0.4 is 5.32 Å². The predicted octanol–water partition coefficient (Wildman–Crippen LogP) is 5.08. The van der Waals surface area contributed by atoms with E-state index in [4.69, 9.17) is 29.8 Å². The molecule has 1 amide bonds. The molecule has 1 rings (SSSR count). The van der Waals surface area contributed by atoms with Crippen LogP contribution in [-0.4, -0.2) is 5.91 Å². The molecule has 8 heteroatoms. The van der Waals surface area contributed by atoms with Gasteiger partial charge in [0.05, 0.1) is 27.9 Å². The Morgan fingerprint density at radius 2 is 2.00 bits per heavy atom. The lowest BCUT2D eigenvalue weighted by molar-refractivity contribution is -0.136. The maximum atomic E-state index is 12.9. The van der Waals surface area contributed by atoms with Gasteiger partial charge in [0.15, 0.2) is 0 Å². The van der Waals surface area contributed by atoms with E-state index in [-0.39, 0.29) is 10.6 Å². The Hall–Kier alpha value is -1.71. The van der Waals surface area contributed by atoms with Gasteiger partial charge in [0.25, 0.3) is 5.91 Å². The first-order chi connectivity index (χ1) is 9.09. The third-order valence-electron chi connectivity index (χ3n) is 2.23. The highest BCUT2D eigenvalue weighted by Crippen LogP contribution is 2.47. The summed E-state index contributed by atoms with van der Waals surface area (Å²) in [5, 5.41) is 1.05. The zero-order chi connectivity index (χ0) is 15.7. The van der Waals surface area contributed by atoms with Crippen LogP contribution in [-0.2, 0) is 11.0 Å². The lowest BCUT2D eigenvalue weighted by Crippen LogP contribution is -2.15. The number of hydrogen-bond donors (Lipinski definition) is 1. The van der Waals surface area contributed by atoms with Gasteiger partial charge in [-0.05, 0) is 13.0 Å². The van der Waals surface area contributed by atoms with Crippen molar-refractivity contribution in [3.8, 4) is 0 Å². The van der Waals surface area contributed by atoms with Gasteiger partial charge < -0.3 is 5.32 Å². The van der Waals surface area contributed by atoms with Crippen molar-refractivity contribution in [2.75, 3.05) is 5.32 Å². The number of amides is 1. The zero-order valence-corrected chi connectivity index (χ0v) is 11.5. The van der Waals surface area contributed by atoms with Gasteiger partial charge in [-0.25, -0.2) is 4.85 Å². The largest absolute Gasteiger partial charge is 0.408 e. The number of hydrogen-bond acceptors (Lipinski definition) is 1. The van der Waals surface area contributed by atoms with Crippen LogP contribution in [0.3, 0.4) is 0 Å². The molecule has 0 unspecified atom stereocenters. The fraction of sp³-hybridized carbons (Fsp3) is 0.167. The second-order valence-electron chi connectivity index (χ2n) is 3.79. The molecule has 0 fully saturated rings. The molecule has 106 valence electrons. The normalized spacial score (nSPS) is 10.8. The van der Waals surface area contributed by atoms with Gasteiger partial charge in [0.2, 0.25) is 5.69 Å². The smallest absolute Gasteiger partial charge is 0.320 e. The lowest BCUT2D eigenvalue weighted by Gasteiger charge is -2.16. The van der Waals surface area contributed by atoms with Crippen molar-refractivity contribution in [3.05, 3.63) is 45.2 Å². The van der Waals surface area contributed by atoms with Crippen molar-refractivity contribution < 1.29 is 18.0 Å². The van der Waals surface area contributed by atoms with Crippen LogP contribution in [0.15, 0.2) is 18.2 Å². The van der Waals surface area contributed by atoms with Crippen LogP contribution in [0.5, 0.6) is 0 Å². The number of nitrogens with zero attached hydrogens (tertiary/aromatic N) is 1. The van der Waals surface area contributed by atoms with Crippen LogP contribution in [0.1, 0.15) is 12.5 Å². The SMILES string of the molecule is [C-]#[N+]c1cc(Cl)c(NC(=O)C(=C)C)c(Cl)c1C(F)(F)F. The highest BCUT2D eigenvalue weighted by Gasteiger charge is 2.38. The van der Waals surface area contributed by atoms with Crippen molar-refractivity contribution in [3.63, 3.8) is 0 Å². The summed E-state index contributed by atoms with van der Waals surface area (Å²) in [6.07, 6.45) is -4.84. The second-order valence-corrected chi connectivity index (χ2v) is 4.57. The molecule has 0 radical (unpaired) electrons. The summed E-state index contributed by atoms with van der Waals surface area (Å²) in [6.45, 7) is 11.5. The third kappa shape index (κ3) is 3.24. The van der Waals surface area contributed by atoms with E-state index in [0.29, 0.717) is 0 Å². The maximum absolute atomic E-state index is 12.9. The molecule has 3 nitrogen and oxygen atoms in total. The molecule has 0 saturated heterocycles. The Labute approximate surface area is 122 Å². The van der Waals surface area contributed by atoms with E-state index in [1.165, 1.54) is 6.92 Å². The molecule has 0 aliphatic rings. The number of rotatable bonds is 2. The van der Waals surface area contributed by atoms with Crippen LogP contribution in [0.25, 0.3) is 4.85 Å². The average molecular weight is 323 g/mol. The van der Waals surface area contributed by atoms with E-state index in [0.717, 1.165) is 6.07 Å². The van der Waals surface area contributed by atoms with Gasteiger partial charge in [-0.3, -0.25) is 4.79 Å². The van der Waals surface area contributed by atoms with E-state index >= 15 is 0 Å². The van der Waals surface area contributed by atoms with Crippen LogP contribution in [0.2, 0.25) is 10.0 Å². The standard InChI is InChI=1S/C12H7Cl2F3N2O/c1-5(2)11(20)19-10-6(13)4-7(18-3)8(9(10)14)12(15,16)17/h4H,1H2,2H3,(H,19,20). The van der Waals surface area contributed by atoms with E-state index in [1.54, 1.807) is 0 Å². The lowest BCUT2D eigenvalue weighted by atomic mass is 10.1. The number of alkyl halides is 3. The monoisotopic (exact) mass is 322 g/mol. The van der Waals surface area contributed by atoms with Crippen LogP contribution in [0, 0.1) is 6.57 Å². The fourth-order valence-electron chi connectivity index (χ4n) is 1.30. The summed E-state index contributed by atoms with van der Waals surface area (Å²) in [5.41, 5.74) is -2.41.